The summed E-state index contributed by atoms with van der Waals surface area (Å²) in [6, 6.07) is 4.12. The van der Waals surface area contributed by atoms with E-state index < -0.39 is 5.82 Å². The Balaban J connectivity index is 2.22. The molecule has 0 saturated carbocycles. The van der Waals surface area contributed by atoms with Crippen molar-refractivity contribution in [1.82, 2.24) is 10.2 Å². The van der Waals surface area contributed by atoms with E-state index in [1.54, 1.807) is 4.90 Å². The van der Waals surface area contributed by atoms with E-state index in [-0.39, 0.29) is 18.1 Å². The number of benzene rings is 1. The smallest absolute Gasteiger partial charge is 0.256 e. The molecule has 1 fully saturated rings. The molecule has 2 N–H and O–H groups in total. The van der Waals surface area contributed by atoms with Gasteiger partial charge < -0.3 is 15.3 Å². The van der Waals surface area contributed by atoms with Crippen molar-refractivity contribution in [3.63, 3.8) is 0 Å². The number of carbonyl (C=O) groups is 1. The third kappa shape index (κ3) is 2.62. The van der Waals surface area contributed by atoms with Gasteiger partial charge >= 0.3 is 0 Å². The lowest BCUT2D eigenvalue weighted by Crippen LogP contribution is -2.46. The summed E-state index contributed by atoms with van der Waals surface area (Å²) in [4.78, 5) is 13.7. The fourth-order valence-corrected chi connectivity index (χ4v) is 1.87. The maximum absolute atomic E-state index is 13.6. The average Bonchev–Trinajstić information content (AvgIpc) is 2.39. The number of hydrogen-bond donors (Lipinski definition) is 2. The Kier molecular flexibility index (Phi) is 3.71. The van der Waals surface area contributed by atoms with E-state index in [0.717, 1.165) is 13.1 Å². The fourth-order valence-electron chi connectivity index (χ4n) is 1.87. The molecule has 1 heterocycles. The van der Waals surface area contributed by atoms with Crippen molar-refractivity contribution in [2.45, 2.75) is 6.61 Å². The molecular formula is C12H15FN2O2. The summed E-state index contributed by atoms with van der Waals surface area (Å²) < 4.78 is 13.6. The van der Waals surface area contributed by atoms with Crippen LogP contribution in [-0.4, -0.2) is 42.1 Å². The van der Waals surface area contributed by atoms with E-state index in [0.29, 0.717) is 18.7 Å². The second-order valence-electron chi connectivity index (χ2n) is 4.01. The van der Waals surface area contributed by atoms with Crippen molar-refractivity contribution < 1.29 is 14.3 Å². The minimum Gasteiger partial charge on any atom is -0.392 e. The summed E-state index contributed by atoms with van der Waals surface area (Å²) >= 11 is 0. The van der Waals surface area contributed by atoms with E-state index >= 15 is 0 Å². The third-order valence-electron chi connectivity index (χ3n) is 2.85. The number of piperazine rings is 1. The maximum atomic E-state index is 13.6. The molecule has 4 nitrogen and oxygen atoms in total. The van der Waals surface area contributed by atoms with Gasteiger partial charge in [0.15, 0.2) is 0 Å². The van der Waals surface area contributed by atoms with E-state index in [1.807, 2.05) is 0 Å². The average molecular weight is 238 g/mol. The number of carbonyl (C=O) groups excluding carboxylic acids is 1. The molecule has 0 aliphatic carbocycles. The number of aliphatic hydroxyl groups excluding tert-OH is 1. The number of nitrogens with zero attached hydrogens (tertiary/aromatic N) is 1. The monoisotopic (exact) mass is 238 g/mol. The molecule has 0 aromatic heterocycles. The first-order chi connectivity index (χ1) is 8.22. The van der Waals surface area contributed by atoms with Gasteiger partial charge in [-0.1, -0.05) is 6.07 Å². The van der Waals surface area contributed by atoms with E-state index in [9.17, 15) is 9.18 Å². The summed E-state index contributed by atoms with van der Waals surface area (Å²) in [5.41, 5.74) is 0.586. The molecule has 1 saturated heterocycles. The lowest BCUT2D eigenvalue weighted by molar-refractivity contribution is 0.0731. The number of hydrogen-bond acceptors (Lipinski definition) is 3. The predicted octanol–water partition coefficient (Wildman–Crippen LogP) is 0.363. The first kappa shape index (κ1) is 12.0. The Labute approximate surface area is 99.0 Å². The van der Waals surface area contributed by atoms with Crippen molar-refractivity contribution in [1.29, 1.82) is 0 Å². The van der Waals surface area contributed by atoms with Gasteiger partial charge in [-0.05, 0) is 17.7 Å². The van der Waals surface area contributed by atoms with Gasteiger partial charge in [0, 0.05) is 26.2 Å². The van der Waals surface area contributed by atoms with E-state index in [4.69, 9.17) is 5.11 Å². The van der Waals surface area contributed by atoms with Crippen LogP contribution in [-0.2, 0) is 6.61 Å². The molecule has 1 aliphatic rings. The SMILES string of the molecule is O=C(c1cc(CO)ccc1F)N1CCNCC1. The highest BCUT2D eigenvalue weighted by Gasteiger charge is 2.20. The molecule has 0 atom stereocenters. The number of rotatable bonds is 2. The van der Waals surface area contributed by atoms with Crippen LogP contribution in [0.4, 0.5) is 4.39 Å². The van der Waals surface area contributed by atoms with Crippen LogP contribution in [0, 0.1) is 5.82 Å². The zero-order valence-electron chi connectivity index (χ0n) is 9.45. The molecule has 5 heteroatoms. The minimum atomic E-state index is -0.536. The molecule has 17 heavy (non-hydrogen) atoms. The maximum Gasteiger partial charge on any atom is 0.256 e. The largest absolute Gasteiger partial charge is 0.392 e. The molecular weight excluding hydrogens is 223 g/mol. The van der Waals surface area contributed by atoms with Crippen LogP contribution < -0.4 is 5.32 Å². The predicted molar refractivity (Wildman–Crippen MR) is 61.1 cm³/mol. The second kappa shape index (κ2) is 5.25. The van der Waals surface area contributed by atoms with Gasteiger partial charge in [0.05, 0.1) is 12.2 Å². The Morgan fingerprint density at radius 2 is 2.12 bits per heavy atom. The Morgan fingerprint density at radius 1 is 1.41 bits per heavy atom. The van der Waals surface area contributed by atoms with Gasteiger partial charge in [0.2, 0.25) is 0 Å². The Morgan fingerprint density at radius 3 is 2.76 bits per heavy atom. The highest BCUT2D eigenvalue weighted by atomic mass is 19.1. The standard InChI is InChI=1S/C12H15FN2O2/c13-11-2-1-9(8-16)7-10(11)12(17)15-5-3-14-4-6-15/h1-2,7,14,16H,3-6,8H2. The molecule has 1 amide bonds. The molecule has 92 valence electrons. The lowest BCUT2D eigenvalue weighted by Gasteiger charge is -2.27. The normalized spacial score (nSPS) is 16.0. The van der Waals surface area contributed by atoms with Crippen LogP contribution in [0.3, 0.4) is 0 Å². The summed E-state index contributed by atoms with van der Waals surface area (Å²) in [6.07, 6.45) is 0. The highest BCUT2D eigenvalue weighted by molar-refractivity contribution is 5.94. The van der Waals surface area contributed by atoms with Crippen LogP contribution in [0.5, 0.6) is 0 Å². The summed E-state index contributed by atoms with van der Waals surface area (Å²) in [5.74, 6) is -0.843. The quantitative estimate of drug-likeness (QED) is 0.782. The summed E-state index contributed by atoms with van der Waals surface area (Å²) in [6.45, 7) is 2.44. The zero-order chi connectivity index (χ0) is 12.3. The Hall–Kier alpha value is -1.46. The molecule has 1 aromatic carbocycles. The lowest BCUT2D eigenvalue weighted by atomic mass is 10.1. The van der Waals surface area contributed by atoms with Crippen molar-refractivity contribution in [2.24, 2.45) is 0 Å². The van der Waals surface area contributed by atoms with Gasteiger partial charge in [-0.15, -0.1) is 0 Å². The first-order valence-electron chi connectivity index (χ1n) is 5.61. The van der Waals surface area contributed by atoms with Crippen LogP contribution in [0.1, 0.15) is 15.9 Å². The van der Waals surface area contributed by atoms with E-state index in [1.165, 1.54) is 18.2 Å². The second-order valence-corrected chi connectivity index (χ2v) is 4.01. The van der Waals surface area contributed by atoms with Gasteiger partial charge in [0.25, 0.3) is 5.91 Å². The number of halogens is 1. The van der Waals surface area contributed by atoms with Gasteiger partial charge in [-0.2, -0.15) is 0 Å². The van der Waals surface area contributed by atoms with Gasteiger partial charge in [-0.25, -0.2) is 4.39 Å². The molecule has 0 radical (unpaired) electrons. The van der Waals surface area contributed by atoms with E-state index in [2.05, 4.69) is 5.32 Å². The number of amides is 1. The third-order valence-corrected chi connectivity index (χ3v) is 2.85. The molecule has 1 aliphatic heterocycles. The molecule has 0 bridgehead atoms. The van der Waals surface area contributed by atoms with Crippen LogP contribution >= 0.6 is 0 Å². The van der Waals surface area contributed by atoms with Gasteiger partial charge in [-0.3, -0.25) is 4.79 Å². The molecule has 2 rings (SSSR count). The zero-order valence-corrected chi connectivity index (χ0v) is 9.45. The van der Waals surface area contributed by atoms with Crippen LogP contribution in [0.25, 0.3) is 0 Å². The van der Waals surface area contributed by atoms with Crippen molar-refractivity contribution >= 4 is 5.91 Å². The van der Waals surface area contributed by atoms with Crippen LogP contribution in [0.2, 0.25) is 0 Å². The van der Waals surface area contributed by atoms with Crippen LogP contribution in [0.15, 0.2) is 18.2 Å². The van der Waals surface area contributed by atoms with Crippen molar-refractivity contribution in [3.8, 4) is 0 Å². The fraction of sp³-hybridized carbons (Fsp3) is 0.417. The number of nitrogens with one attached hydrogen (secondary N) is 1. The van der Waals surface area contributed by atoms with Gasteiger partial charge in [0.1, 0.15) is 5.82 Å². The van der Waals surface area contributed by atoms with Crippen molar-refractivity contribution in [3.05, 3.63) is 35.1 Å². The first-order valence-corrected chi connectivity index (χ1v) is 5.61. The molecule has 1 aromatic rings. The van der Waals surface area contributed by atoms with Crippen molar-refractivity contribution in [2.75, 3.05) is 26.2 Å². The summed E-state index contributed by atoms with van der Waals surface area (Å²) in [7, 11) is 0. The minimum absolute atomic E-state index is 0.0402. The summed E-state index contributed by atoms with van der Waals surface area (Å²) in [5, 5.41) is 12.1. The highest BCUT2D eigenvalue weighted by Crippen LogP contribution is 2.14. The molecule has 0 unspecified atom stereocenters. The number of aliphatic hydroxyl groups is 1. The Bertz CT molecular complexity index is 417. The molecule has 0 spiro atoms. The topological polar surface area (TPSA) is 52.6 Å².